The Morgan fingerprint density at radius 2 is 1.93 bits per heavy atom. The zero-order chi connectivity index (χ0) is 19.1. The van der Waals surface area contributed by atoms with Crippen LogP contribution in [0.15, 0.2) is 59.8 Å². The number of aromatic nitrogens is 3. The van der Waals surface area contributed by atoms with E-state index < -0.39 is 0 Å². The second kappa shape index (κ2) is 8.61. The second-order valence-corrected chi connectivity index (χ2v) is 5.57. The number of rotatable bonds is 7. The first-order valence-corrected chi connectivity index (χ1v) is 8.19. The minimum absolute atomic E-state index is 0.0170. The van der Waals surface area contributed by atoms with Crippen LogP contribution in [0, 0.1) is 0 Å². The highest BCUT2D eigenvalue weighted by atomic mass is 16.5. The summed E-state index contributed by atoms with van der Waals surface area (Å²) in [5, 5.41) is 12.0. The molecule has 0 atom stereocenters. The lowest BCUT2D eigenvalue weighted by molar-refractivity contribution is -0.121. The van der Waals surface area contributed by atoms with Crippen LogP contribution in [0.2, 0.25) is 0 Å². The Morgan fingerprint density at radius 3 is 2.67 bits per heavy atom. The number of carbonyl (C=O) groups is 1. The number of amides is 1. The maximum Gasteiger partial charge on any atom is 0.261 e. The molecule has 27 heavy (non-hydrogen) atoms. The normalized spacial score (nSPS) is 10.7. The maximum absolute atomic E-state index is 12.0. The highest BCUT2D eigenvalue weighted by Gasteiger charge is 2.07. The third-order valence-corrected chi connectivity index (χ3v) is 3.72. The Balaban J connectivity index is 1.57. The van der Waals surface area contributed by atoms with Crippen molar-refractivity contribution in [1.82, 2.24) is 20.4 Å². The second-order valence-electron chi connectivity index (χ2n) is 5.57. The van der Waals surface area contributed by atoms with Gasteiger partial charge >= 0.3 is 0 Å². The summed E-state index contributed by atoms with van der Waals surface area (Å²) >= 11 is 0. The number of benzene rings is 2. The number of hydrogen-bond donors (Lipinski definition) is 1. The molecule has 1 aromatic heterocycles. The predicted octanol–water partition coefficient (Wildman–Crippen LogP) is 2.11. The topological polar surface area (TPSA) is 90.6 Å². The number of hydrazone groups is 1. The molecule has 1 amide bonds. The molecule has 8 nitrogen and oxygen atoms in total. The molecule has 0 aliphatic rings. The van der Waals surface area contributed by atoms with Crippen molar-refractivity contribution >= 4 is 12.1 Å². The first-order valence-electron chi connectivity index (χ1n) is 8.19. The van der Waals surface area contributed by atoms with Crippen LogP contribution in [-0.4, -0.2) is 41.3 Å². The maximum atomic E-state index is 12.0. The molecule has 0 fully saturated rings. The number of carbonyl (C=O) groups excluding carboxylic acids is 1. The van der Waals surface area contributed by atoms with Gasteiger partial charge in [-0.05, 0) is 23.8 Å². The fraction of sp³-hybridized carbons (Fsp3) is 0.158. The van der Waals surface area contributed by atoms with E-state index in [1.165, 1.54) is 10.9 Å². The molecule has 0 aliphatic carbocycles. The van der Waals surface area contributed by atoms with E-state index in [1.807, 2.05) is 30.3 Å². The van der Waals surface area contributed by atoms with Crippen LogP contribution in [0.4, 0.5) is 0 Å². The minimum atomic E-state index is -0.309. The standard InChI is InChI=1S/C19H19N5O3/c1-26-17-9-8-14(10-18(17)27-2)11-20-22-19(25)13-24-12-16(21-23-24)15-6-4-3-5-7-15/h3-12H,13H2,1-2H3,(H,22,25)/b20-11+. The summed E-state index contributed by atoms with van der Waals surface area (Å²) in [5.74, 6) is 0.902. The molecule has 0 bridgehead atoms. The van der Waals surface area contributed by atoms with Crippen LogP contribution >= 0.6 is 0 Å². The summed E-state index contributed by atoms with van der Waals surface area (Å²) in [5.41, 5.74) is 4.87. The van der Waals surface area contributed by atoms with Crippen LogP contribution in [-0.2, 0) is 11.3 Å². The van der Waals surface area contributed by atoms with E-state index in [0.29, 0.717) is 17.2 Å². The Bertz CT molecular complexity index is 938. The average Bonchev–Trinajstić information content (AvgIpc) is 3.17. The molecular weight excluding hydrogens is 346 g/mol. The molecule has 3 rings (SSSR count). The molecule has 2 aromatic carbocycles. The molecule has 138 valence electrons. The van der Waals surface area contributed by atoms with Crippen molar-refractivity contribution in [2.45, 2.75) is 6.54 Å². The summed E-state index contributed by atoms with van der Waals surface area (Å²) in [4.78, 5) is 12.0. The summed E-state index contributed by atoms with van der Waals surface area (Å²) in [7, 11) is 3.13. The quantitative estimate of drug-likeness (QED) is 0.512. The SMILES string of the molecule is COc1ccc(/C=N/NC(=O)Cn2cc(-c3ccccc3)nn2)cc1OC. The monoisotopic (exact) mass is 365 g/mol. The van der Waals surface area contributed by atoms with Gasteiger partial charge in [0.1, 0.15) is 12.2 Å². The zero-order valence-electron chi connectivity index (χ0n) is 15.0. The van der Waals surface area contributed by atoms with Crippen LogP contribution in [0.3, 0.4) is 0 Å². The minimum Gasteiger partial charge on any atom is -0.493 e. The van der Waals surface area contributed by atoms with E-state index in [-0.39, 0.29) is 12.5 Å². The van der Waals surface area contributed by atoms with Gasteiger partial charge in [0.15, 0.2) is 11.5 Å². The number of nitrogens with zero attached hydrogens (tertiary/aromatic N) is 4. The van der Waals surface area contributed by atoms with E-state index in [4.69, 9.17) is 9.47 Å². The molecule has 0 spiro atoms. The van der Waals surface area contributed by atoms with Gasteiger partial charge in [-0.1, -0.05) is 35.5 Å². The van der Waals surface area contributed by atoms with Gasteiger partial charge in [0.25, 0.3) is 5.91 Å². The van der Waals surface area contributed by atoms with Gasteiger partial charge in [-0.2, -0.15) is 5.10 Å². The van der Waals surface area contributed by atoms with E-state index in [2.05, 4.69) is 20.8 Å². The first-order chi connectivity index (χ1) is 13.2. The van der Waals surface area contributed by atoms with Gasteiger partial charge < -0.3 is 9.47 Å². The van der Waals surface area contributed by atoms with Crippen LogP contribution < -0.4 is 14.9 Å². The summed E-state index contributed by atoms with van der Waals surface area (Å²) in [6.45, 7) is 0.0170. The van der Waals surface area contributed by atoms with Gasteiger partial charge in [0.2, 0.25) is 0 Å². The largest absolute Gasteiger partial charge is 0.493 e. The molecule has 0 saturated carbocycles. The molecular formula is C19H19N5O3. The highest BCUT2D eigenvalue weighted by molar-refractivity contribution is 5.83. The van der Waals surface area contributed by atoms with E-state index in [0.717, 1.165) is 11.1 Å². The van der Waals surface area contributed by atoms with Crippen molar-refractivity contribution in [3.8, 4) is 22.8 Å². The van der Waals surface area contributed by atoms with Crippen molar-refractivity contribution in [1.29, 1.82) is 0 Å². The third-order valence-electron chi connectivity index (χ3n) is 3.72. The highest BCUT2D eigenvalue weighted by Crippen LogP contribution is 2.26. The van der Waals surface area contributed by atoms with Gasteiger partial charge in [-0.15, -0.1) is 5.10 Å². The van der Waals surface area contributed by atoms with Gasteiger partial charge in [-0.3, -0.25) is 4.79 Å². The Kier molecular flexibility index (Phi) is 5.78. The van der Waals surface area contributed by atoms with Crippen LogP contribution in [0.5, 0.6) is 11.5 Å². The summed E-state index contributed by atoms with van der Waals surface area (Å²) in [6, 6.07) is 15.0. The lowest BCUT2D eigenvalue weighted by Crippen LogP contribution is -2.23. The van der Waals surface area contributed by atoms with Crippen LogP contribution in [0.25, 0.3) is 11.3 Å². The zero-order valence-corrected chi connectivity index (χ0v) is 15.0. The van der Waals surface area contributed by atoms with Crippen molar-refractivity contribution in [3.05, 3.63) is 60.3 Å². The Hall–Kier alpha value is -3.68. The fourth-order valence-electron chi connectivity index (χ4n) is 2.41. The Morgan fingerprint density at radius 1 is 1.15 bits per heavy atom. The first kappa shape index (κ1) is 18.1. The Labute approximate surface area is 156 Å². The summed E-state index contributed by atoms with van der Waals surface area (Å²) < 4.78 is 11.9. The smallest absolute Gasteiger partial charge is 0.261 e. The molecule has 8 heteroatoms. The molecule has 0 unspecified atom stereocenters. The molecule has 0 radical (unpaired) electrons. The van der Waals surface area contributed by atoms with Gasteiger partial charge in [0, 0.05) is 5.56 Å². The number of methoxy groups -OCH3 is 2. The van der Waals surface area contributed by atoms with Crippen molar-refractivity contribution in [3.63, 3.8) is 0 Å². The average molecular weight is 365 g/mol. The summed E-state index contributed by atoms with van der Waals surface area (Å²) in [6.07, 6.45) is 3.24. The molecule has 1 heterocycles. The van der Waals surface area contributed by atoms with E-state index in [1.54, 1.807) is 38.6 Å². The van der Waals surface area contributed by atoms with Crippen molar-refractivity contribution in [2.75, 3.05) is 14.2 Å². The predicted molar refractivity (Wildman–Crippen MR) is 101 cm³/mol. The number of nitrogens with one attached hydrogen (secondary N) is 1. The number of hydrogen-bond acceptors (Lipinski definition) is 6. The van der Waals surface area contributed by atoms with Gasteiger partial charge in [-0.25, -0.2) is 10.1 Å². The molecule has 3 aromatic rings. The van der Waals surface area contributed by atoms with Crippen molar-refractivity contribution < 1.29 is 14.3 Å². The molecule has 0 aliphatic heterocycles. The van der Waals surface area contributed by atoms with Gasteiger partial charge in [0.05, 0.1) is 26.6 Å². The number of ether oxygens (including phenoxy) is 2. The van der Waals surface area contributed by atoms with Crippen molar-refractivity contribution in [2.24, 2.45) is 5.10 Å². The fourth-order valence-corrected chi connectivity index (χ4v) is 2.41. The van der Waals surface area contributed by atoms with E-state index >= 15 is 0 Å². The molecule has 0 saturated heterocycles. The van der Waals surface area contributed by atoms with E-state index in [9.17, 15) is 4.79 Å². The van der Waals surface area contributed by atoms with Crippen LogP contribution in [0.1, 0.15) is 5.56 Å². The third kappa shape index (κ3) is 4.69. The lowest BCUT2D eigenvalue weighted by Gasteiger charge is -2.07. The molecule has 1 N–H and O–H groups in total. The lowest BCUT2D eigenvalue weighted by atomic mass is 10.2.